The summed E-state index contributed by atoms with van der Waals surface area (Å²) in [5, 5.41) is 6.17. The second-order valence-corrected chi connectivity index (χ2v) is 5.03. The molecule has 2 rings (SSSR count). The van der Waals surface area contributed by atoms with Crippen LogP contribution in [-0.2, 0) is 9.53 Å². The minimum Gasteiger partial charge on any atom is -0.494 e. The molecule has 0 spiro atoms. The lowest BCUT2D eigenvalue weighted by Crippen LogP contribution is -2.22. The number of benzene rings is 1. The molecule has 1 aromatic carbocycles. The highest BCUT2D eigenvalue weighted by Gasteiger charge is 2.13. The zero-order valence-electron chi connectivity index (χ0n) is 12.1. The SMILES string of the molecule is COc1cc(NCC2CCOCC2)ccc1NC(C)=O. The van der Waals surface area contributed by atoms with E-state index in [1.165, 1.54) is 6.92 Å². The van der Waals surface area contributed by atoms with Gasteiger partial charge in [-0.05, 0) is 30.9 Å². The molecular formula is C15H22N2O3. The largest absolute Gasteiger partial charge is 0.494 e. The number of ether oxygens (including phenoxy) is 2. The van der Waals surface area contributed by atoms with Crippen molar-refractivity contribution < 1.29 is 14.3 Å². The Labute approximate surface area is 119 Å². The van der Waals surface area contributed by atoms with Crippen molar-refractivity contribution in [3.63, 3.8) is 0 Å². The van der Waals surface area contributed by atoms with E-state index in [1.54, 1.807) is 7.11 Å². The van der Waals surface area contributed by atoms with Gasteiger partial charge in [0.15, 0.2) is 0 Å². The highest BCUT2D eigenvalue weighted by molar-refractivity contribution is 5.90. The van der Waals surface area contributed by atoms with Gasteiger partial charge in [0.05, 0.1) is 12.8 Å². The Kier molecular flexibility index (Phi) is 5.24. The van der Waals surface area contributed by atoms with E-state index in [0.717, 1.165) is 38.3 Å². The molecule has 110 valence electrons. The number of amides is 1. The van der Waals surface area contributed by atoms with Crippen LogP contribution >= 0.6 is 0 Å². The third-order valence-corrected chi connectivity index (χ3v) is 3.45. The van der Waals surface area contributed by atoms with Gasteiger partial charge < -0.3 is 20.1 Å². The fourth-order valence-electron chi connectivity index (χ4n) is 2.31. The molecule has 0 atom stereocenters. The molecule has 0 radical (unpaired) electrons. The fraction of sp³-hybridized carbons (Fsp3) is 0.533. The Bertz CT molecular complexity index is 456. The van der Waals surface area contributed by atoms with Crippen LogP contribution in [0.5, 0.6) is 5.75 Å². The van der Waals surface area contributed by atoms with Gasteiger partial charge in [-0.1, -0.05) is 0 Å². The van der Waals surface area contributed by atoms with E-state index in [-0.39, 0.29) is 5.91 Å². The van der Waals surface area contributed by atoms with Crippen molar-refractivity contribution in [3.8, 4) is 5.75 Å². The first-order valence-electron chi connectivity index (χ1n) is 6.96. The number of rotatable bonds is 5. The minimum atomic E-state index is -0.105. The third kappa shape index (κ3) is 4.13. The van der Waals surface area contributed by atoms with Gasteiger partial charge in [-0.15, -0.1) is 0 Å². The number of hydrogen-bond acceptors (Lipinski definition) is 4. The summed E-state index contributed by atoms with van der Waals surface area (Å²) in [6.45, 7) is 4.14. The Hall–Kier alpha value is -1.75. The van der Waals surface area contributed by atoms with Crippen molar-refractivity contribution >= 4 is 17.3 Å². The zero-order chi connectivity index (χ0) is 14.4. The van der Waals surface area contributed by atoms with Crippen LogP contribution in [-0.4, -0.2) is 32.8 Å². The van der Waals surface area contributed by atoms with E-state index in [4.69, 9.17) is 9.47 Å². The second-order valence-electron chi connectivity index (χ2n) is 5.03. The van der Waals surface area contributed by atoms with Crippen LogP contribution in [0.4, 0.5) is 11.4 Å². The van der Waals surface area contributed by atoms with E-state index in [2.05, 4.69) is 10.6 Å². The van der Waals surface area contributed by atoms with E-state index in [1.807, 2.05) is 18.2 Å². The van der Waals surface area contributed by atoms with Crippen molar-refractivity contribution in [1.29, 1.82) is 0 Å². The standard InChI is InChI=1S/C15H22N2O3/c1-11(18)17-14-4-3-13(9-15(14)19-2)16-10-12-5-7-20-8-6-12/h3-4,9,12,16H,5-8,10H2,1-2H3,(H,17,18). The Morgan fingerprint density at radius 2 is 2.15 bits per heavy atom. The first-order chi connectivity index (χ1) is 9.69. The van der Waals surface area contributed by atoms with E-state index in [0.29, 0.717) is 17.4 Å². The number of carbonyl (C=O) groups excluding carboxylic acids is 1. The molecule has 0 bridgehead atoms. The number of hydrogen-bond donors (Lipinski definition) is 2. The molecule has 5 heteroatoms. The first-order valence-corrected chi connectivity index (χ1v) is 6.96. The molecule has 2 N–H and O–H groups in total. The number of nitrogens with one attached hydrogen (secondary N) is 2. The maximum Gasteiger partial charge on any atom is 0.221 e. The summed E-state index contributed by atoms with van der Waals surface area (Å²) in [4.78, 5) is 11.1. The van der Waals surface area contributed by atoms with Crippen LogP contribution in [0.2, 0.25) is 0 Å². The Morgan fingerprint density at radius 3 is 2.80 bits per heavy atom. The average molecular weight is 278 g/mol. The zero-order valence-corrected chi connectivity index (χ0v) is 12.1. The van der Waals surface area contributed by atoms with Gasteiger partial charge >= 0.3 is 0 Å². The van der Waals surface area contributed by atoms with Crippen LogP contribution in [0.1, 0.15) is 19.8 Å². The van der Waals surface area contributed by atoms with Crippen LogP contribution in [0.3, 0.4) is 0 Å². The molecule has 1 aliphatic heterocycles. The van der Waals surface area contributed by atoms with Crippen molar-refractivity contribution in [2.45, 2.75) is 19.8 Å². The van der Waals surface area contributed by atoms with Crippen LogP contribution in [0.15, 0.2) is 18.2 Å². The molecule has 0 saturated carbocycles. The van der Waals surface area contributed by atoms with Gasteiger partial charge in [0.1, 0.15) is 5.75 Å². The predicted octanol–water partition coefficient (Wildman–Crippen LogP) is 2.49. The molecule has 1 fully saturated rings. The maximum absolute atomic E-state index is 11.1. The maximum atomic E-state index is 11.1. The van der Waals surface area contributed by atoms with Crippen molar-refractivity contribution in [2.75, 3.05) is 37.5 Å². The molecule has 1 aromatic rings. The number of anilines is 2. The quantitative estimate of drug-likeness (QED) is 0.868. The summed E-state index contributed by atoms with van der Waals surface area (Å²) < 4.78 is 10.7. The summed E-state index contributed by atoms with van der Waals surface area (Å²) >= 11 is 0. The molecule has 0 aromatic heterocycles. The first kappa shape index (κ1) is 14.7. The smallest absolute Gasteiger partial charge is 0.221 e. The molecule has 1 aliphatic rings. The summed E-state index contributed by atoms with van der Waals surface area (Å²) in [7, 11) is 1.60. The van der Waals surface area contributed by atoms with Crippen molar-refractivity contribution in [1.82, 2.24) is 0 Å². The molecule has 5 nitrogen and oxygen atoms in total. The fourth-order valence-corrected chi connectivity index (χ4v) is 2.31. The highest BCUT2D eigenvalue weighted by atomic mass is 16.5. The van der Waals surface area contributed by atoms with E-state index >= 15 is 0 Å². The van der Waals surface area contributed by atoms with E-state index < -0.39 is 0 Å². The lowest BCUT2D eigenvalue weighted by Gasteiger charge is -2.23. The second kappa shape index (κ2) is 7.14. The lowest BCUT2D eigenvalue weighted by atomic mass is 10.0. The topological polar surface area (TPSA) is 59.6 Å². The molecule has 1 amide bonds. The summed E-state index contributed by atoms with van der Waals surface area (Å²) in [5.41, 5.74) is 1.69. The number of carbonyl (C=O) groups is 1. The summed E-state index contributed by atoms with van der Waals surface area (Å²) in [6, 6.07) is 5.71. The highest BCUT2D eigenvalue weighted by Crippen LogP contribution is 2.28. The summed E-state index contributed by atoms with van der Waals surface area (Å²) in [5.74, 6) is 1.22. The van der Waals surface area contributed by atoms with Crippen LogP contribution < -0.4 is 15.4 Å². The minimum absolute atomic E-state index is 0.105. The third-order valence-electron chi connectivity index (χ3n) is 3.45. The molecular weight excluding hydrogens is 256 g/mol. The normalized spacial score (nSPS) is 15.7. The number of methoxy groups -OCH3 is 1. The van der Waals surface area contributed by atoms with Gasteiger partial charge in [0, 0.05) is 38.4 Å². The van der Waals surface area contributed by atoms with Gasteiger partial charge in [-0.3, -0.25) is 4.79 Å². The molecule has 0 unspecified atom stereocenters. The van der Waals surface area contributed by atoms with Gasteiger partial charge in [-0.2, -0.15) is 0 Å². The van der Waals surface area contributed by atoms with Gasteiger partial charge in [0.2, 0.25) is 5.91 Å². The predicted molar refractivity (Wildman–Crippen MR) is 79.3 cm³/mol. The molecule has 0 aliphatic carbocycles. The van der Waals surface area contributed by atoms with E-state index in [9.17, 15) is 4.79 Å². The Balaban J connectivity index is 1.96. The molecule has 1 heterocycles. The van der Waals surface area contributed by atoms with Gasteiger partial charge in [0.25, 0.3) is 0 Å². The van der Waals surface area contributed by atoms with Crippen molar-refractivity contribution in [3.05, 3.63) is 18.2 Å². The molecule has 1 saturated heterocycles. The van der Waals surface area contributed by atoms with Gasteiger partial charge in [-0.25, -0.2) is 0 Å². The Morgan fingerprint density at radius 1 is 1.40 bits per heavy atom. The monoisotopic (exact) mass is 278 g/mol. The summed E-state index contributed by atoms with van der Waals surface area (Å²) in [6.07, 6.45) is 2.21. The van der Waals surface area contributed by atoms with Crippen LogP contribution in [0.25, 0.3) is 0 Å². The van der Waals surface area contributed by atoms with Crippen molar-refractivity contribution in [2.24, 2.45) is 5.92 Å². The molecule has 20 heavy (non-hydrogen) atoms. The average Bonchev–Trinajstić information content (AvgIpc) is 2.46. The lowest BCUT2D eigenvalue weighted by molar-refractivity contribution is -0.114. The van der Waals surface area contributed by atoms with Crippen LogP contribution in [0, 0.1) is 5.92 Å².